The fourth-order valence-corrected chi connectivity index (χ4v) is 2.08. The average molecular weight is 225 g/mol. The maximum atomic E-state index is 12.0. The molecule has 0 spiro atoms. The minimum Gasteiger partial charge on any atom is -0.466 e. The summed E-state index contributed by atoms with van der Waals surface area (Å²) in [6, 6.07) is 0. The summed E-state index contributed by atoms with van der Waals surface area (Å²) in [4.78, 5) is 12.0. The Labute approximate surface area is 98.2 Å². The first-order valence-electron chi connectivity index (χ1n) is 6.12. The Hall–Kier alpha value is -0.830. The van der Waals surface area contributed by atoms with Gasteiger partial charge in [0.15, 0.2) is 0 Å². The van der Waals surface area contributed by atoms with Gasteiger partial charge in [0.1, 0.15) is 0 Å². The van der Waals surface area contributed by atoms with Gasteiger partial charge >= 0.3 is 5.97 Å². The molecule has 16 heavy (non-hydrogen) atoms. The number of piperidine rings is 1. The molecule has 1 aliphatic heterocycles. The molecule has 92 valence electrons. The minimum absolute atomic E-state index is 0.0419. The second kappa shape index (κ2) is 6.04. The number of carbonyl (C=O) groups excluding carboxylic acids is 1. The smallest absolute Gasteiger partial charge is 0.313 e. The van der Waals surface area contributed by atoms with Crippen LogP contribution in [0.5, 0.6) is 0 Å². The molecule has 0 aromatic rings. The fourth-order valence-electron chi connectivity index (χ4n) is 2.08. The molecule has 0 aromatic heterocycles. The summed E-state index contributed by atoms with van der Waals surface area (Å²) < 4.78 is 5.21. The molecule has 3 nitrogen and oxygen atoms in total. The van der Waals surface area contributed by atoms with Gasteiger partial charge in [-0.25, -0.2) is 0 Å². The van der Waals surface area contributed by atoms with Crippen molar-refractivity contribution in [1.82, 2.24) is 5.32 Å². The lowest BCUT2D eigenvalue weighted by atomic mass is 9.77. The zero-order valence-electron chi connectivity index (χ0n) is 10.6. The van der Waals surface area contributed by atoms with E-state index in [-0.39, 0.29) is 11.4 Å². The number of hydrogen-bond donors (Lipinski definition) is 1. The molecule has 1 heterocycles. The topological polar surface area (TPSA) is 38.3 Å². The highest BCUT2D eigenvalue weighted by atomic mass is 16.5. The summed E-state index contributed by atoms with van der Waals surface area (Å²) in [6.07, 6.45) is 4.92. The number of carbonyl (C=O) groups is 1. The summed E-state index contributed by atoms with van der Waals surface area (Å²) in [5.74, 6) is -0.0419. The Balaban J connectivity index is 2.74. The molecule has 0 bridgehead atoms. The molecule has 0 aliphatic carbocycles. The van der Waals surface area contributed by atoms with Crippen LogP contribution in [0.2, 0.25) is 0 Å². The van der Waals surface area contributed by atoms with Gasteiger partial charge in [0.2, 0.25) is 0 Å². The predicted octanol–water partition coefficient (Wildman–Crippen LogP) is 2.28. The van der Waals surface area contributed by atoms with Gasteiger partial charge in [0.25, 0.3) is 0 Å². The molecule has 1 N–H and O–H groups in total. The lowest BCUT2D eigenvalue weighted by Gasteiger charge is -2.34. The van der Waals surface area contributed by atoms with Gasteiger partial charge in [-0.1, -0.05) is 11.6 Å². The lowest BCUT2D eigenvalue weighted by molar-refractivity contribution is -0.156. The van der Waals surface area contributed by atoms with E-state index in [0.717, 1.165) is 32.4 Å². The van der Waals surface area contributed by atoms with E-state index in [1.165, 1.54) is 5.57 Å². The number of hydrogen-bond acceptors (Lipinski definition) is 3. The van der Waals surface area contributed by atoms with Gasteiger partial charge in [-0.05, 0) is 46.6 Å². The van der Waals surface area contributed by atoms with E-state index in [1.54, 1.807) is 0 Å². The van der Waals surface area contributed by atoms with Crippen molar-refractivity contribution in [2.75, 3.05) is 19.7 Å². The minimum atomic E-state index is -0.328. The van der Waals surface area contributed by atoms with Gasteiger partial charge < -0.3 is 10.1 Å². The first-order chi connectivity index (χ1) is 7.60. The molecule has 0 aromatic carbocycles. The van der Waals surface area contributed by atoms with Crippen LogP contribution in [0.15, 0.2) is 11.6 Å². The molecular weight excluding hydrogens is 202 g/mol. The van der Waals surface area contributed by atoms with Crippen molar-refractivity contribution in [3.05, 3.63) is 11.6 Å². The van der Waals surface area contributed by atoms with Crippen LogP contribution in [0, 0.1) is 5.41 Å². The van der Waals surface area contributed by atoms with E-state index in [9.17, 15) is 4.79 Å². The second-order valence-electron chi connectivity index (χ2n) is 4.77. The molecule has 0 radical (unpaired) electrons. The highest BCUT2D eigenvalue weighted by Gasteiger charge is 2.39. The molecular formula is C13H23NO2. The molecule has 1 atom stereocenters. The monoisotopic (exact) mass is 225 g/mol. The van der Waals surface area contributed by atoms with Crippen LogP contribution in [-0.4, -0.2) is 25.7 Å². The third kappa shape index (κ3) is 3.34. The van der Waals surface area contributed by atoms with Gasteiger partial charge in [0.05, 0.1) is 12.0 Å². The summed E-state index contributed by atoms with van der Waals surface area (Å²) in [7, 11) is 0. The van der Waals surface area contributed by atoms with Gasteiger partial charge in [-0.2, -0.15) is 0 Å². The van der Waals surface area contributed by atoms with Crippen LogP contribution < -0.4 is 5.32 Å². The molecule has 3 heteroatoms. The van der Waals surface area contributed by atoms with Crippen LogP contribution in [0.25, 0.3) is 0 Å². The lowest BCUT2D eigenvalue weighted by Crippen LogP contribution is -2.46. The number of allylic oxidation sites excluding steroid dienone is 2. The zero-order valence-corrected chi connectivity index (χ0v) is 10.6. The number of nitrogens with one attached hydrogen (secondary N) is 1. The highest BCUT2D eigenvalue weighted by molar-refractivity contribution is 5.77. The van der Waals surface area contributed by atoms with Crippen LogP contribution in [0.3, 0.4) is 0 Å². The quantitative estimate of drug-likeness (QED) is 0.589. The second-order valence-corrected chi connectivity index (χ2v) is 4.77. The van der Waals surface area contributed by atoms with Crippen molar-refractivity contribution in [2.45, 2.75) is 40.0 Å². The van der Waals surface area contributed by atoms with Crippen molar-refractivity contribution in [2.24, 2.45) is 5.41 Å². The Bertz CT molecular complexity index is 261. The number of esters is 1. The van der Waals surface area contributed by atoms with E-state index in [4.69, 9.17) is 4.74 Å². The highest BCUT2D eigenvalue weighted by Crippen LogP contribution is 2.32. The normalized spacial score (nSPS) is 24.9. The standard InChI is InChI=1S/C13H23NO2/c1-4-16-12(15)13(8-6-11(2)3)7-5-9-14-10-13/h6,14H,4-5,7-10H2,1-3H3. The van der Waals surface area contributed by atoms with Crippen LogP contribution in [0.1, 0.15) is 40.0 Å². The molecule has 0 saturated carbocycles. The molecule has 1 fully saturated rings. The third-order valence-corrected chi connectivity index (χ3v) is 3.08. The molecule has 0 amide bonds. The fraction of sp³-hybridized carbons (Fsp3) is 0.769. The SMILES string of the molecule is CCOC(=O)C1(CC=C(C)C)CCCNC1. The van der Waals surface area contributed by atoms with Crippen molar-refractivity contribution in [1.29, 1.82) is 0 Å². The van der Waals surface area contributed by atoms with E-state index in [1.807, 2.05) is 6.92 Å². The first kappa shape index (κ1) is 13.2. The van der Waals surface area contributed by atoms with Crippen molar-refractivity contribution >= 4 is 5.97 Å². The first-order valence-corrected chi connectivity index (χ1v) is 6.12. The van der Waals surface area contributed by atoms with Crippen molar-refractivity contribution in [3.8, 4) is 0 Å². The number of rotatable bonds is 4. The van der Waals surface area contributed by atoms with Gasteiger partial charge in [-0.15, -0.1) is 0 Å². The van der Waals surface area contributed by atoms with Crippen LogP contribution in [-0.2, 0) is 9.53 Å². The Morgan fingerprint density at radius 3 is 2.75 bits per heavy atom. The molecule has 1 saturated heterocycles. The maximum Gasteiger partial charge on any atom is 0.313 e. The van der Waals surface area contributed by atoms with E-state index < -0.39 is 0 Å². The van der Waals surface area contributed by atoms with Crippen molar-refractivity contribution in [3.63, 3.8) is 0 Å². The predicted molar refractivity (Wildman–Crippen MR) is 65.2 cm³/mol. The molecule has 1 aliphatic rings. The Morgan fingerprint density at radius 2 is 2.25 bits per heavy atom. The third-order valence-electron chi connectivity index (χ3n) is 3.08. The summed E-state index contributed by atoms with van der Waals surface area (Å²) in [5.41, 5.74) is 0.931. The Kier molecular flexibility index (Phi) is 5.00. The van der Waals surface area contributed by atoms with Crippen LogP contribution >= 0.6 is 0 Å². The Morgan fingerprint density at radius 1 is 1.50 bits per heavy atom. The molecule has 1 unspecified atom stereocenters. The van der Waals surface area contributed by atoms with E-state index >= 15 is 0 Å². The largest absolute Gasteiger partial charge is 0.466 e. The zero-order chi connectivity index (χ0) is 12.0. The van der Waals surface area contributed by atoms with Gasteiger partial charge in [-0.3, -0.25) is 4.79 Å². The average Bonchev–Trinajstić information content (AvgIpc) is 2.28. The summed E-state index contributed by atoms with van der Waals surface area (Å²) >= 11 is 0. The number of ether oxygens (including phenoxy) is 1. The van der Waals surface area contributed by atoms with Gasteiger partial charge in [0, 0.05) is 6.54 Å². The maximum absolute atomic E-state index is 12.0. The van der Waals surface area contributed by atoms with E-state index in [0.29, 0.717) is 6.61 Å². The van der Waals surface area contributed by atoms with Crippen LogP contribution in [0.4, 0.5) is 0 Å². The van der Waals surface area contributed by atoms with Crippen molar-refractivity contribution < 1.29 is 9.53 Å². The van der Waals surface area contributed by atoms with E-state index in [2.05, 4.69) is 25.2 Å². The summed E-state index contributed by atoms with van der Waals surface area (Å²) in [5, 5.41) is 3.31. The summed E-state index contributed by atoms with van der Waals surface area (Å²) in [6.45, 7) is 8.22. The molecule has 1 rings (SSSR count).